The predicted molar refractivity (Wildman–Crippen MR) is 229 cm³/mol. The Bertz CT molecular complexity index is 2390. The Balaban J connectivity index is 1.49. The fraction of sp³-hybridized carbons (Fsp3) is 0.158. The van der Waals surface area contributed by atoms with Crippen LogP contribution >= 0.6 is 69.9 Å². The molecule has 0 radical (unpaired) electrons. The summed E-state index contributed by atoms with van der Waals surface area (Å²) in [6, 6.07) is 11.1. The fourth-order valence-corrected chi connectivity index (χ4v) is 7.99. The van der Waals surface area contributed by atoms with E-state index in [-0.39, 0.29) is 77.0 Å². The summed E-state index contributed by atoms with van der Waals surface area (Å²) in [5.74, 6) is -3.91. The molecular formula is C38H28Cl4F6N8O4S2. The van der Waals surface area contributed by atoms with Crippen LogP contribution in [0.3, 0.4) is 0 Å². The Kier molecular flexibility index (Phi) is 16.0. The van der Waals surface area contributed by atoms with Crippen molar-refractivity contribution in [1.29, 1.82) is 0 Å². The highest BCUT2D eigenvalue weighted by molar-refractivity contribution is 7.99. The lowest BCUT2D eigenvalue weighted by Gasteiger charge is -2.20. The van der Waals surface area contributed by atoms with Crippen molar-refractivity contribution in [1.82, 2.24) is 9.97 Å². The standard InChI is InChI=1S/C38H28Cl4F6N8O4S2/c39-19-1-3-21(23(41)13-19)33(57)53-25-9-17(37(43,44)45)11-27(31(25)61-7-5-49)55-35(59)29-15-30(52-16-51-29)36(60)56-28-12-18(38(46,47)48)10-26(32(28)62-8-6-50)54-34(58)22-4-2-20(40)14-24(22)42/h1-4,9-16H,5-8,49-50H2,(H,53,57)(H,54,58)(H,55,59)(H,56,60). The van der Waals surface area contributed by atoms with E-state index in [9.17, 15) is 45.5 Å². The number of carbonyl (C=O) groups is 4. The summed E-state index contributed by atoms with van der Waals surface area (Å²) >= 11 is 25.9. The summed E-state index contributed by atoms with van der Waals surface area (Å²) in [6.07, 6.45) is -9.20. The van der Waals surface area contributed by atoms with Crippen LogP contribution in [-0.4, -0.2) is 58.2 Å². The summed E-state index contributed by atoms with van der Waals surface area (Å²) in [6.45, 7) is 0.0610. The molecule has 0 aliphatic rings. The van der Waals surface area contributed by atoms with Crippen LogP contribution in [0.25, 0.3) is 0 Å². The van der Waals surface area contributed by atoms with Gasteiger partial charge in [0.2, 0.25) is 0 Å². The molecule has 8 N–H and O–H groups in total. The lowest BCUT2D eigenvalue weighted by atomic mass is 10.1. The second-order valence-corrected chi connectivity index (χ2v) is 16.3. The van der Waals surface area contributed by atoms with Gasteiger partial charge in [-0.15, -0.1) is 23.5 Å². The number of aromatic nitrogens is 2. The highest BCUT2D eigenvalue weighted by Crippen LogP contribution is 2.43. The lowest BCUT2D eigenvalue weighted by Crippen LogP contribution is -2.21. The predicted octanol–water partition coefficient (Wildman–Crippen LogP) is 10.2. The van der Waals surface area contributed by atoms with Crippen LogP contribution in [0.1, 0.15) is 52.8 Å². The third-order valence-electron chi connectivity index (χ3n) is 8.04. The van der Waals surface area contributed by atoms with Gasteiger partial charge >= 0.3 is 12.4 Å². The van der Waals surface area contributed by atoms with E-state index in [0.29, 0.717) is 24.3 Å². The second kappa shape index (κ2) is 20.6. The molecule has 0 unspecified atom stereocenters. The van der Waals surface area contributed by atoms with Gasteiger partial charge in [0.1, 0.15) is 17.7 Å². The number of nitrogens with two attached hydrogens (primary N) is 2. The minimum atomic E-state index is -4.98. The van der Waals surface area contributed by atoms with Gasteiger partial charge in [-0.2, -0.15) is 26.3 Å². The maximum Gasteiger partial charge on any atom is 0.416 e. The number of nitrogens with one attached hydrogen (secondary N) is 4. The molecule has 5 rings (SSSR count). The number of hydrogen-bond acceptors (Lipinski definition) is 10. The van der Waals surface area contributed by atoms with Gasteiger partial charge in [-0.1, -0.05) is 46.4 Å². The van der Waals surface area contributed by atoms with Gasteiger partial charge in [0.15, 0.2) is 0 Å². The summed E-state index contributed by atoms with van der Waals surface area (Å²) in [4.78, 5) is 61.3. The first-order chi connectivity index (χ1) is 29.2. The largest absolute Gasteiger partial charge is 0.416 e. The third kappa shape index (κ3) is 12.2. The molecule has 0 aliphatic carbocycles. The summed E-state index contributed by atoms with van der Waals surface area (Å²) in [5.41, 5.74) is 5.79. The molecular weight excluding hydrogens is 952 g/mol. The van der Waals surface area contributed by atoms with E-state index >= 15 is 0 Å². The first-order valence-electron chi connectivity index (χ1n) is 17.3. The first-order valence-corrected chi connectivity index (χ1v) is 20.8. The van der Waals surface area contributed by atoms with Gasteiger partial charge in [-0.05, 0) is 60.7 Å². The monoisotopic (exact) mass is 978 g/mol. The number of anilines is 4. The summed E-state index contributed by atoms with van der Waals surface area (Å²) < 4.78 is 85.3. The molecule has 1 aromatic heterocycles. The molecule has 326 valence electrons. The van der Waals surface area contributed by atoms with Crippen molar-refractivity contribution >= 4 is 116 Å². The maximum absolute atomic E-state index is 14.2. The number of halogens is 10. The average Bonchev–Trinajstić information content (AvgIpc) is 3.19. The highest BCUT2D eigenvalue weighted by Gasteiger charge is 2.35. The van der Waals surface area contributed by atoms with Crippen LogP contribution in [0.4, 0.5) is 49.1 Å². The van der Waals surface area contributed by atoms with Gasteiger partial charge < -0.3 is 32.7 Å². The minimum absolute atomic E-state index is 0.0305. The molecule has 0 aliphatic heterocycles. The zero-order chi connectivity index (χ0) is 45.5. The number of alkyl halides is 6. The number of rotatable bonds is 14. The molecule has 62 heavy (non-hydrogen) atoms. The van der Waals surface area contributed by atoms with E-state index in [1.165, 1.54) is 36.4 Å². The van der Waals surface area contributed by atoms with Crippen LogP contribution in [0.5, 0.6) is 0 Å². The van der Waals surface area contributed by atoms with Gasteiger partial charge in [0, 0.05) is 40.7 Å². The Hall–Kier alpha value is -4.80. The van der Waals surface area contributed by atoms with Crippen molar-refractivity contribution in [2.24, 2.45) is 11.5 Å². The Labute approximate surface area is 376 Å². The summed E-state index contributed by atoms with van der Waals surface area (Å²) in [7, 11) is 0. The van der Waals surface area contributed by atoms with Crippen molar-refractivity contribution in [2.75, 3.05) is 45.9 Å². The molecule has 4 amide bonds. The van der Waals surface area contributed by atoms with Crippen molar-refractivity contribution in [2.45, 2.75) is 22.1 Å². The van der Waals surface area contributed by atoms with Gasteiger partial charge in [-0.3, -0.25) is 19.2 Å². The van der Waals surface area contributed by atoms with Crippen LogP contribution in [0.2, 0.25) is 20.1 Å². The number of thioether (sulfide) groups is 2. The highest BCUT2D eigenvalue weighted by atomic mass is 35.5. The van der Waals surface area contributed by atoms with Gasteiger partial charge in [0.25, 0.3) is 23.6 Å². The van der Waals surface area contributed by atoms with Crippen LogP contribution in [0.15, 0.2) is 82.8 Å². The van der Waals surface area contributed by atoms with Crippen molar-refractivity contribution < 1.29 is 45.5 Å². The molecule has 5 aromatic rings. The molecule has 0 spiro atoms. The average molecular weight is 981 g/mol. The number of amides is 4. The maximum atomic E-state index is 14.2. The van der Waals surface area contributed by atoms with Crippen molar-refractivity contribution in [3.05, 3.63) is 127 Å². The zero-order valence-corrected chi connectivity index (χ0v) is 35.7. The van der Waals surface area contributed by atoms with Crippen molar-refractivity contribution in [3.8, 4) is 0 Å². The van der Waals surface area contributed by atoms with Gasteiger partial charge in [0.05, 0.1) is 64.8 Å². The Morgan fingerprint density at radius 3 is 1.18 bits per heavy atom. The molecule has 0 saturated carbocycles. The van der Waals surface area contributed by atoms with Crippen LogP contribution < -0.4 is 32.7 Å². The smallest absolute Gasteiger partial charge is 0.330 e. The number of benzene rings is 4. The van der Waals surface area contributed by atoms with Crippen LogP contribution in [-0.2, 0) is 12.4 Å². The normalized spacial score (nSPS) is 11.5. The number of nitrogens with zero attached hydrogens (tertiary/aromatic N) is 2. The topological polar surface area (TPSA) is 194 Å². The molecule has 0 atom stereocenters. The van der Waals surface area contributed by atoms with Crippen molar-refractivity contribution in [3.63, 3.8) is 0 Å². The SMILES string of the molecule is NCCSc1c(NC(=O)c2cc(C(=O)Nc3cc(C(F)(F)F)cc(NC(=O)c4ccc(Cl)cc4Cl)c3SCCN)ncn2)cc(C(F)(F)F)cc1NC(=O)c1ccc(Cl)cc1Cl. The molecule has 0 fully saturated rings. The second-order valence-electron chi connectivity index (χ2n) is 12.4. The number of hydrogen-bond donors (Lipinski definition) is 6. The van der Waals surface area contributed by atoms with E-state index in [2.05, 4.69) is 31.2 Å². The Morgan fingerprint density at radius 1 is 0.532 bits per heavy atom. The first kappa shape index (κ1) is 48.2. The van der Waals surface area contributed by atoms with Gasteiger partial charge in [-0.25, -0.2) is 9.97 Å². The molecule has 12 nitrogen and oxygen atoms in total. The quantitative estimate of drug-likeness (QED) is 0.0461. The number of carbonyl (C=O) groups excluding carboxylic acids is 4. The Morgan fingerprint density at radius 2 is 0.871 bits per heavy atom. The van der Waals surface area contributed by atoms with E-state index in [1.807, 2.05) is 0 Å². The zero-order valence-electron chi connectivity index (χ0n) is 31.0. The molecule has 1 heterocycles. The lowest BCUT2D eigenvalue weighted by molar-refractivity contribution is -0.138. The molecule has 0 saturated heterocycles. The van der Waals surface area contributed by atoms with Crippen LogP contribution in [0, 0.1) is 0 Å². The molecule has 0 bridgehead atoms. The van der Waals surface area contributed by atoms with E-state index in [1.54, 1.807) is 0 Å². The van der Waals surface area contributed by atoms with E-state index in [0.717, 1.165) is 35.9 Å². The minimum Gasteiger partial charge on any atom is -0.330 e. The molecule has 24 heteroatoms. The fourth-order valence-electron chi connectivity index (χ4n) is 5.29. The van der Waals surface area contributed by atoms with E-state index in [4.69, 9.17) is 57.9 Å². The van der Waals surface area contributed by atoms with E-state index < -0.39 is 69.9 Å². The molecule has 4 aromatic carbocycles. The summed E-state index contributed by atoms with van der Waals surface area (Å²) in [5, 5.41) is 9.63. The third-order valence-corrected chi connectivity index (χ3v) is 11.5.